The normalized spacial score (nSPS) is 10.3. The Labute approximate surface area is 118 Å². The number of hydrogen-bond donors (Lipinski definition) is 2. The van der Waals surface area contributed by atoms with E-state index in [9.17, 15) is 9.90 Å². The number of hydrogen-bond acceptors (Lipinski definition) is 3. The third-order valence-electron chi connectivity index (χ3n) is 3.33. The summed E-state index contributed by atoms with van der Waals surface area (Å²) in [7, 11) is 0. The quantitative estimate of drug-likeness (QED) is 0.897. The Hall–Kier alpha value is -2.36. The van der Waals surface area contributed by atoms with Gasteiger partial charge in [-0.2, -0.15) is 0 Å². The first kappa shape index (κ1) is 14.1. The molecule has 4 nitrogen and oxygen atoms in total. The zero-order chi connectivity index (χ0) is 14.5. The standard InChI is InChI=1S/C16H18N2O2/c1-3-12-6-5-9-17-14(12)10-18-16(20)13-7-4-8-15(19)11(13)2/h4-9,19H,3,10H2,1-2H3,(H,18,20). The molecule has 1 aromatic heterocycles. The van der Waals surface area contributed by atoms with Gasteiger partial charge in [0.05, 0.1) is 12.2 Å². The van der Waals surface area contributed by atoms with E-state index in [1.54, 1.807) is 31.3 Å². The van der Waals surface area contributed by atoms with Crippen LogP contribution in [0.1, 0.15) is 34.1 Å². The van der Waals surface area contributed by atoms with Crippen LogP contribution in [0.2, 0.25) is 0 Å². The van der Waals surface area contributed by atoms with Crippen LogP contribution in [0.25, 0.3) is 0 Å². The Morgan fingerprint density at radius 1 is 1.30 bits per heavy atom. The van der Waals surface area contributed by atoms with Gasteiger partial charge in [-0.05, 0) is 37.1 Å². The molecule has 1 heterocycles. The Morgan fingerprint density at radius 2 is 2.10 bits per heavy atom. The lowest BCUT2D eigenvalue weighted by Crippen LogP contribution is -2.24. The van der Waals surface area contributed by atoms with Crippen LogP contribution in [-0.2, 0) is 13.0 Å². The molecule has 0 saturated carbocycles. The number of aryl methyl sites for hydroxylation is 1. The highest BCUT2D eigenvalue weighted by molar-refractivity contribution is 5.96. The Bertz CT molecular complexity index is 624. The second-order valence-corrected chi connectivity index (χ2v) is 4.60. The van der Waals surface area contributed by atoms with Gasteiger partial charge in [0.2, 0.25) is 0 Å². The highest BCUT2D eigenvalue weighted by Crippen LogP contribution is 2.19. The minimum atomic E-state index is -0.203. The van der Waals surface area contributed by atoms with E-state index in [0.29, 0.717) is 17.7 Å². The van der Waals surface area contributed by atoms with Crippen LogP contribution >= 0.6 is 0 Å². The number of amides is 1. The van der Waals surface area contributed by atoms with Crippen molar-refractivity contribution in [3.8, 4) is 5.75 Å². The fourth-order valence-corrected chi connectivity index (χ4v) is 2.08. The molecule has 0 aliphatic heterocycles. The number of carbonyl (C=O) groups is 1. The van der Waals surface area contributed by atoms with E-state index in [4.69, 9.17) is 0 Å². The van der Waals surface area contributed by atoms with Crippen LogP contribution in [-0.4, -0.2) is 16.0 Å². The number of rotatable bonds is 4. The average molecular weight is 270 g/mol. The molecule has 0 radical (unpaired) electrons. The summed E-state index contributed by atoms with van der Waals surface area (Å²) in [5, 5.41) is 12.5. The number of aromatic nitrogens is 1. The van der Waals surface area contributed by atoms with Crippen molar-refractivity contribution >= 4 is 5.91 Å². The monoisotopic (exact) mass is 270 g/mol. The van der Waals surface area contributed by atoms with Crippen molar-refractivity contribution in [1.29, 1.82) is 0 Å². The van der Waals surface area contributed by atoms with Crippen LogP contribution < -0.4 is 5.32 Å². The van der Waals surface area contributed by atoms with Crippen molar-refractivity contribution in [2.45, 2.75) is 26.8 Å². The Kier molecular flexibility index (Phi) is 4.35. The van der Waals surface area contributed by atoms with Gasteiger partial charge in [-0.15, -0.1) is 0 Å². The number of carbonyl (C=O) groups excluding carboxylic acids is 1. The molecule has 2 aromatic rings. The Balaban J connectivity index is 2.11. The molecule has 104 valence electrons. The number of benzene rings is 1. The molecule has 2 N–H and O–H groups in total. The lowest BCUT2D eigenvalue weighted by atomic mass is 10.1. The predicted molar refractivity (Wildman–Crippen MR) is 77.6 cm³/mol. The minimum absolute atomic E-state index is 0.129. The van der Waals surface area contributed by atoms with Crippen molar-refractivity contribution in [2.75, 3.05) is 0 Å². The number of phenolic OH excluding ortho intramolecular Hbond substituents is 1. The second kappa shape index (κ2) is 6.19. The molecule has 0 bridgehead atoms. The maximum absolute atomic E-state index is 12.1. The van der Waals surface area contributed by atoms with E-state index in [-0.39, 0.29) is 11.7 Å². The van der Waals surface area contributed by atoms with E-state index in [1.165, 1.54) is 0 Å². The highest BCUT2D eigenvalue weighted by Gasteiger charge is 2.11. The maximum Gasteiger partial charge on any atom is 0.252 e. The fraction of sp³-hybridized carbons (Fsp3) is 0.250. The number of aromatic hydroxyl groups is 1. The van der Waals surface area contributed by atoms with E-state index >= 15 is 0 Å². The molecule has 0 aliphatic rings. The summed E-state index contributed by atoms with van der Waals surface area (Å²) in [4.78, 5) is 16.4. The van der Waals surface area contributed by atoms with Gasteiger partial charge in [-0.3, -0.25) is 9.78 Å². The average Bonchev–Trinajstić information content (AvgIpc) is 2.48. The van der Waals surface area contributed by atoms with E-state index in [1.807, 2.05) is 12.1 Å². The van der Waals surface area contributed by atoms with Crippen molar-refractivity contribution in [3.05, 3.63) is 58.9 Å². The van der Waals surface area contributed by atoms with Gasteiger partial charge in [0, 0.05) is 17.3 Å². The van der Waals surface area contributed by atoms with Crippen LogP contribution in [0.15, 0.2) is 36.5 Å². The largest absolute Gasteiger partial charge is 0.508 e. The summed E-state index contributed by atoms with van der Waals surface area (Å²) in [5.41, 5.74) is 3.07. The zero-order valence-electron chi connectivity index (χ0n) is 11.7. The molecule has 1 aromatic carbocycles. The lowest BCUT2D eigenvalue weighted by molar-refractivity contribution is 0.0949. The molecule has 2 rings (SSSR count). The summed E-state index contributed by atoms with van der Waals surface area (Å²) in [6, 6.07) is 8.83. The summed E-state index contributed by atoms with van der Waals surface area (Å²) in [6.45, 7) is 4.17. The molecule has 0 atom stereocenters. The maximum atomic E-state index is 12.1. The number of nitrogens with zero attached hydrogens (tertiary/aromatic N) is 1. The van der Waals surface area contributed by atoms with Crippen molar-refractivity contribution < 1.29 is 9.90 Å². The third kappa shape index (κ3) is 2.96. The summed E-state index contributed by atoms with van der Waals surface area (Å²) in [5.74, 6) is -0.0733. The SMILES string of the molecule is CCc1cccnc1CNC(=O)c1cccc(O)c1C. The van der Waals surface area contributed by atoms with Gasteiger partial charge in [0.1, 0.15) is 5.75 Å². The van der Waals surface area contributed by atoms with Crippen molar-refractivity contribution in [1.82, 2.24) is 10.3 Å². The molecule has 4 heteroatoms. The van der Waals surface area contributed by atoms with Gasteiger partial charge in [-0.25, -0.2) is 0 Å². The zero-order valence-corrected chi connectivity index (χ0v) is 11.7. The van der Waals surface area contributed by atoms with Crippen molar-refractivity contribution in [3.63, 3.8) is 0 Å². The van der Waals surface area contributed by atoms with E-state index < -0.39 is 0 Å². The smallest absolute Gasteiger partial charge is 0.252 e. The number of pyridine rings is 1. The van der Waals surface area contributed by atoms with Crippen LogP contribution in [0.5, 0.6) is 5.75 Å². The first-order valence-electron chi connectivity index (χ1n) is 6.63. The second-order valence-electron chi connectivity index (χ2n) is 4.60. The molecule has 20 heavy (non-hydrogen) atoms. The summed E-state index contributed by atoms with van der Waals surface area (Å²) in [6.07, 6.45) is 2.60. The van der Waals surface area contributed by atoms with E-state index in [0.717, 1.165) is 17.7 Å². The van der Waals surface area contributed by atoms with Crippen LogP contribution in [0.4, 0.5) is 0 Å². The topological polar surface area (TPSA) is 62.2 Å². The molecule has 1 amide bonds. The Morgan fingerprint density at radius 3 is 2.85 bits per heavy atom. The molecule has 0 aliphatic carbocycles. The summed E-state index contributed by atoms with van der Waals surface area (Å²) < 4.78 is 0. The number of phenols is 1. The lowest BCUT2D eigenvalue weighted by Gasteiger charge is -2.10. The third-order valence-corrected chi connectivity index (χ3v) is 3.33. The predicted octanol–water partition coefficient (Wildman–Crippen LogP) is 2.59. The molecule has 0 spiro atoms. The molecular formula is C16H18N2O2. The first-order chi connectivity index (χ1) is 9.63. The summed E-state index contributed by atoms with van der Waals surface area (Å²) >= 11 is 0. The molecule has 0 fully saturated rings. The molecule has 0 saturated heterocycles. The van der Waals surface area contributed by atoms with Gasteiger partial charge in [0.15, 0.2) is 0 Å². The molecular weight excluding hydrogens is 252 g/mol. The van der Waals surface area contributed by atoms with E-state index in [2.05, 4.69) is 17.2 Å². The van der Waals surface area contributed by atoms with Crippen LogP contribution in [0, 0.1) is 6.92 Å². The van der Waals surface area contributed by atoms with Gasteiger partial charge in [-0.1, -0.05) is 19.1 Å². The number of nitrogens with one attached hydrogen (secondary N) is 1. The fourth-order valence-electron chi connectivity index (χ4n) is 2.08. The van der Waals surface area contributed by atoms with Crippen LogP contribution in [0.3, 0.4) is 0 Å². The van der Waals surface area contributed by atoms with Gasteiger partial charge < -0.3 is 10.4 Å². The van der Waals surface area contributed by atoms with Gasteiger partial charge >= 0.3 is 0 Å². The minimum Gasteiger partial charge on any atom is -0.508 e. The van der Waals surface area contributed by atoms with Crippen molar-refractivity contribution in [2.24, 2.45) is 0 Å². The first-order valence-corrected chi connectivity index (χ1v) is 6.63. The molecule has 0 unspecified atom stereocenters. The van der Waals surface area contributed by atoms with Gasteiger partial charge in [0.25, 0.3) is 5.91 Å². The highest BCUT2D eigenvalue weighted by atomic mass is 16.3.